The van der Waals surface area contributed by atoms with Crippen LogP contribution >= 0.6 is 0 Å². The van der Waals surface area contributed by atoms with Gasteiger partial charge in [-0.25, -0.2) is 0 Å². The summed E-state index contributed by atoms with van der Waals surface area (Å²) in [5.41, 5.74) is 1.75. The number of carbonyl (C=O) groups excluding carboxylic acids is 1. The molecule has 0 heterocycles. The minimum Gasteiger partial charge on any atom is -0.388 e. The molecule has 2 rings (SSSR count). The standard InChI is InChI=1S/C20H25NO2/c1-15(20(2,3)17-12-8-5-9-13-17)21-19(23)14-18(22)16-10-6-4-7-11-16/h4-13,15,18,22H,14H2,1-3H3,(H,21,23). The Bertz CT molecular complexity index is 623. The van der Waals surface area contributed by atoms with Gasteiger partial charge in [0.05, 0.1) is 12.5 Å². The Labute approximate surface area is 138 Å². The van der Waals surface area contributed by atoms with E-state index in [1.807, 2.05) is 55.5 Å². The maximum absolute atomic E-state index is 12.2. The van der Waals surface area contributed by atoms with E-state index in [2.05, 4.69) is 31.3 Å². The highest BCUT2D eigenvalue weighted by Gasteiger charge is 2.29. The van der Waals surface area contributed by atoms with Gasteiger partial charge in [0.25, 0.3) is 0 Å². The van der Waals surface area contributed by atoms with Crippen molar-refractivity contribution in [1.82, 2.24) is 5.32 Å². The molecule has 3 nitrogen and oxygen atoms in total. The van der Waals surface area contributed by atoms with Crippen molar-refractivity contribution in [2.75, 3.05) is 0 Å². The van der Waals surface area contributed by atoms with E-state index in [-0.39, 0.29) is 23.8 Å². The van der Waals surface area contributed by atoms with E-state index in [0.717, 1.165) is 5.56 Å². The fourth-order valence-corrected chi connectivity index (χ4v) is 2.57. The molecule has 2 atom stereocenters. The Hall–Kier alpha value is -2.13. The third-order valence-corrected chi connectivity index (χ3v) is 4.54. The molecule has 122 valence electrons. The molecule has 0 spiro atoms. The molecule has 23 heavy (non-hydrogen) atoms. The SMILES string of the molecule is CC(NC(=O)CC(O)c1ccccc1)C(C)(C)c1ccccc1. The molecule has 2 aromatic carbocycles. The van der Waals surface area contributed by atoms with Gasteiger partial charge >= 0.3 is 0 Å². The summed E-state index contributed by atoms with van der Waals surface area (Å²) < 4.78 is 0. The Balaban J connectivity index is 1.97. The number of hydrogen-bond acceptors (Lipinski definition) is 2. The molecule has 0 bridgehead atoms. The van der Waals surface area contributed by atoms with E-state index < -0.39 is 6.10 Å². The molecule has 1 amide bonds. The lowest BCUT2D eigenvalue weighted by Crippen LogP contribution is -2.45. The molecule has 0 aliphatic rings. The summed E-state index contributed by atoms with van der Waals surface area (Å²) in [5.74, 6) is -0.141. The van der Waals surface area contributed by atoms with Crippen molar-refractivity contribution in [3.63, 3.8) is 0 Å². The van der Waals surface area contributed by atoms with Crippen molar-refractivity contribution in [3.8, 4) is 0 Å². The van der Waals surface area contributed by atoms with Gasteiger partial charge in [-0.2, -0.15) is 0 Å². The highest BCUT2D eigenvalue weighted by molar-refractivity contribution is 5.77. The van der Waals surface area contributed by atoms with Gasteiger partial charge in [-0.1, -0.05) is 74.5 Å². The van der Waals surface area contributed by atoms with Crippen LogP contribution < -0.4 is 5.32 Å². The normalized spacial score (nSPS) is 14.1. The van der Waals surface area contributed by atoms with Crippen molar-refractivity contribution >= 4 is 5.91 Å². The number of aliphatic hydroxyl groups excluding tert-OH is 1. The second kappa shape index (κ2) is 7.42. The summed E-state index contributed by atoms with van der Waals surface area (Å²) in [4.78, 5) is 12.2. The van der Waals surface area contributed by atoms with Gasteiger partial charge in [-0.3, -0.25) is 4.79 Å². The van der Waals surface area contributed by atoms with Gasteiger partial charge < -0.3 is 10.4 Å². The summed E-state index contributed by atoms with van der Waals surface area (Å²) in [5, 5.41) is 13.2. The van der Waals surface area contributed by atoms with Crippen LogP contribution in [0.3, 0.4) is 0 Å². The van der Waals surface area contributed by atoms with Crippen LogP contribution in [0.4, 0.5) is 0 Å². The van der Waals surface area contributed by atoms with Gasteiger partial charge in [0.2, 0.25) is 5.91 Å². The molecule has 0 radical (unpaired) electrons. The monoisotopic (exact) mass is 311 g/mol. The number of benzene rings is 2. The average molecular weight is 311 g/mol. The maximum Gasteiger partial charge on any atom is 0.223 e. The fourth-order valence-electron chi connectivity index (χ4n) is 2.57. The van der Waals surface area contributed by atoms with Crippen LogP contribution in [0.2, 0.25) is 0 Å². The number of carbonyl (C=O) groups is 1. The topological polar surface area (TPSA) is 49.3 Å². The Kier molecular flexibility index (Phi) is 5.56. The first-order valence-electron chi connectivity index (χ1n) is 7.99. The molecule has 0 aliphatic carbocycles. The number of hydrogen-bond donors (Lipinski definition) is 2. The Morgan fingerprint density at radius 2 is 1.57 bits per heavy atom. The predicted octanol–water partition coefficient (Wildman–Crippen LogP) is 3.59. The summed E-state index contributed by atoms with van der Waals surface area (Å²) in [6.45, 7) is 6.22. The molecule has 0 saturated carbocycles. The zero-order valence-electron chi connectivity index (χ0n) is 14.0. The van der Waals surface area contributed by atoms with E-state index in [1.165, 1.54) is 5.56 Å². The van der Waals surface area contributed by atoms with Gasteiger partial charge in [-0.15, -0.1) is 0 Å². The lowest BCUT2D eigenvalue weighted by Gasteiger charge is -2.33. The summed E-state index contributed by atoms with van der Waals surface area (Å²) in [6.07, 6.45) is -0.706. The van der Waals surface area contributed by atoms with Crippen LogP contribution in [0.25, 0.3) is 0 Å². The van der Waals surface area contributed by atoms with Crippen LogP contribution in [0.5, 0.6) is 0 Å². The second-order valence-electron chi connectivity index (χ2n) is 6.51. The van der Waals surface area contributed by atoms with Crippen molar-refractivity contribution in [1.29, 1.82) is 0 Å². The van der Waals surface area contributed by atoms with Crippen LogP contribution in [-0.4, -0.2) is 17.1 Å². The van der Waals surface area contributed by atoms with Gasteiger partial charge in [-0.05, 0) is 18.1 Å². The molecular formula is C20H25NO2. The molecule has 2 aromatic rings. The minimum atomic E-state index is -0.775. The predicted molar refractivity (Wildman–Crippen MR) is 93.1 cm³/mol. The van der Waals surface area contributed by atoms with Crippen LogP contribution in [-0.2, 0) is 10.2 Å². The molecule has 2 unspecified atom stereocenters. The first-order valence-corrected chi connectivity index (χ1v) is 7.99. The van der Waals surface area contributed by atoms with E-state index in [9.17, 15) is 9.90 Å². The zero-order chi connectivity index (χ0) is 16.9. The lowest BCUT2D eigenvalue weighted by atomic mass is 9.78. The molecule has 2 N–H and O–H groups in total. The van der Waals surface area contributed by atoms with Gasteiger partial charge in [0.1, 0.15) is 0 Å². The van der Waals surface area contributed by atoms with Crippen molar-refractivity contribution in [2.24, 2.45) is 0 Å². The summed E-state index contributed by atoms with van der Waals surface area (Å²) in [6, 6.07) is 19.4. The van der Waals surface area contributed by atoms with E-state index >= 15 is 0 Å². The molecule has 0 aliphatic heterocycles. The summed E-state index contributed by atoms with van der Waals surface area (Å²) >= 11 is 0. The molecule has 0 saturated heterocycles. The Morgan fingerprint density at radius 3 is 2.13 bits per heavy atom. The molecule has 0 aromatic heterocycles. The summed E-state index contributed by atoms with van der Waals surface area (Å²) in [7, 11) is 0. The first kappa shape index (κ1) is 17.2. The second-order valence-corrected chi connectivity index (χ2v) is 6.51. The van der Waals surface area contributed by atoms with Crippen molar-refractivity contribution in [3.05, 3.63) is 71.8 Å². The third-order valence-electron chi connectivity index (χ3n) is 4.54. The average Bonchev–Trinajstić information content (AvgIpc) is 2.56. The molecule has 0 fully saturated rings. The van der Waals surface area contributed by atoms with E-state index in [0.29, 0.717) is 0 Å². The van der Waals surface area contributed by atoms with Crippen LogP contribution in [0.1, 0.15) is 44.4 Å². The van der Waals surface area contributed by atoms with Crippen LogP contribution in [0.15, 0.2) is 60.7 Å². The highest BCUT2D eigenvalue weighted by atomic mass is 16.3. The fraction of sp³-hybridized carbons (Fsp3) is 0.350. The number of nitrogens with one attached hydrogen (secondary N) is 1. The van der Waals surface area contributed by atoms with Crippen LogP contribution in [0, 0.1) is 0 Å². The Morgan fingerprint density at radius 1 is 1.04 bits per heavy atom. The number of aliphatic hydroxyl groups is 1. The zero-order valence-corrected chi connectivity index (χ0v) is 14.0. The largest absolute Gasteiger partial charge is 0.388 e. The number of amides is 1. The first-order chi connectivity index (χ1) is 10.9. The van der Waals surface area contributed by atoms with Gasteiger partial charge in [0, 0.05) is 11.5 Å². The van der Waals surface area contributed by atoms with Gasteiger partial charge in [0.15, 0.2) is 0 Å². The highest BCUT2D eigenvalue weighted by Crippen LogP contribution is 2.27. The molecular weight excluding hydrogens is 286 g/mol. The minimum absolute atomic E-state index is 0.0413. The smallest absolute Gasteiger partial charge is 0.223 e. The van der Waals surface area contributed by atoms with E-state index in [4.69, 9.17) is 0 Å². The van der Waals surface area contributed by atoms with Crippen molar-refractivity contribution < 1.29 is 9.90 Å². The van der Waals surface area contributed by atoms with E-state index in [1.54, 1.807) is 0 Å². The number of rotatable bonds is 6. The maximum atomic E-state index is 12.2. The third kappa shape index (κ3) is 4.42. The quantitative estimate of drug-likeness (QED) is 0.856. The van der Waals surface area contributed by atoms with Crippen molar-refractivity contribution in [2.45, 2.75) is 44.8 Å². The lowest BCUT2D eigenvalue weighted by molar-refractivity contribution is -0.124. The molecule has 3 heteroatoms.